The highest BCUT2D eigenvalue weighted by molar-refractivity contribution is 5.84. The first-order valence-electron chi connectivity index (χ1n) is 3.03. The van der Waals surface area contributed by atoms with Gasteiger partial charge in [0.25, 0.3) is 0 Å². The summed E-state index contributed by atoms with van der Waals surface area (Å²) in [7, 11) is 1.31. The van der Waals surface area contributed by atoms with Gasteiger partial charge in [-0.05, 0) is 6.92 Å². The number of nitrogens with zero attached hydrogens (tertiary/aromatic N) is 2. The minimum absolute atomic E-state index is 0.454. The Hall–Kier alpha value is -1.31. The minimum Gasteiger partial charge on any atom is -0.295 e. The average molecular weight is 176 g/mol. The summed E-state index contributed by atoms with van der Waals surface area (Å²) in [5, 5.41) is 8.29. The molecular weight excluding hydrogens is 169 g/mol. The highest BCUT2D eigenvalue weighted by Gasteiger charge is 2.32. The predicted octanol–water partition coefficient (Wildman–Crippen LogP) is 2.09. The fourth-order valence-corrected chi connectivity index (χ4v) is 0.491. The maximum absolute atomic E-state index is 11.9. The van der Waals surface area contributed by atoms with Crippen molar-refractivity contribution in [1.82, 2.24) is 0 Å². The number of hydrogen-bond acceptors (Lipinski definition) is 2. The van der Waals surface area contributed by atoms with Crippen molar-refractivity contribution in [3.8, 4) is 6.07 Å². The molecule has 0 aromatic heterocycles. The molecule has 0 rings (SSSR count). The van der Waals surface area contributed by atoms with Crippen LogP contribution in [-0.2, 0) is 0 Å². The largest absolute Gasteiger partial charge is 0.413 e. The first-order valence-corrected chi connectivity index (χ1v) is 3.03. The highest BCUT2D eigenvalue weighted by atomic mass is 19.4. The molecule has 0 aliphatic carbocycles. The fourth-order valence-electron chi connectivity index (χ4n) is 0.491. The van der Waals surface area contributed by atoms with Gasteiger partial charge < -0.3 is 0 Å². The second kappa shape index (κ2) is 3.90. The molecule has 0 aliphatic heterocycles. The molecule has 0 aliphatic rings. The molecule has 5 heteroatoms. The highest BCUT2D eigenvalue weighted by Crippen LogP contribution is 2.26. The van der Waals surface area contributed by atoms with E-state index in [4.69, 9.17) is 5.26 Å². The molecule has 0 saturated carbocycles. The zero-order chi connectivity index (χ0) is 9.78. The Kier molecular flexibility index (Phi) is 3.48. The van der Waals surface area contributed by atoms with Gasteiger partial charge in [0.2, 0.25) is 0 Å². The van der Waals surface area contributed by atoms with Crippen LogP contribution in [0.1, 0.15) is 6.92 Å². The molecule has 0 bridgehead atoms. The Labute approximate surface area is 68.0 Å². The summed E-state index contributed by atoms with van der Waals surface area (Å²) >= 11 is 0. The van der Waals surface area contributed by atoms with Crippen LogP contribution in [0.15, 0.2) is 16.1 Å². The van der Waals surface area contributed by atoms with Crippen molar-refractivity contribution in [2.24, 2.45) is 4.99 Å². The van der Waals surface area contributed by atoms with E-state index in [9.17, 15) is 13.2 Å². The van der Waals surface area contributed by atoms with Gasteiger partial charge in [0.1, 0.15) is 6.07 Å². The van der Waals surface area contributed by atoms with Crippen LogP contribution in [0.2, 0.25) is 0 Å². The predicted molar refractivity (Wildman–Crippen MR) is 38.8 cm³/mol. The van der Waals surface area contributed by atoms with Gasteiger partial charge in [0.05, 0.1) is 5.57 Å². The topological polar surface area (TPSA) is 36.1 Å². The van der Waals surface area contributed by atoms with Gasteiger partial charge in [-0.15, -0.1) is 0 Å². The van der Waals surface area contributed by atoms with Crippen LogP contribution >= 0.6 is 0 Å². The van der Waals surface area contributed by atoms with Crippen LogP contribution in [0.4, 0.5) is 13.2 Å². The van der Waals surface area contributed by atoms with Gasteiger partial charge in [-0.2, -0.15) is 18.4 Å². The third kappa shape index (κ3) is 2.74. The molecular formula is C7H7F3N2. The number of hydrogen-bond donors (Lipinski definition) is 0. The molecule has 2 nitrogen and oxygen atoms in total. The molecule has 0 spiro atoms. The van der Waals surface area contributed by atoms with Crippen molar-refractivity contribution in [2.45, 2.75) is 13.1 Å². The lowest BCUT2D eigenvalue weighted by Crippen LogP contribution is -2.11. The van der Waals surface area contributed by atoms with Crippen molar-refractivity contribution >= 4 is 6.21 Å². The Morgan fingerprint density at radius 2 is 2.00 bits per heavy atom. The smallest absolute Gasteiger partial charge is 0.295 e. The second-order valence-electron chi connectivity index (χ2n) is 2.04. The molecule has 0 N–H and O–H groups in total. The van der Waals surface area contributed by atoms with Crippen LogP contribution in [0.3, 0.4) is 0 Å². The van der Waals surface area contributed by atoms with Crippen molar-refractivity contribution in [3.63, 3.8) is 0 Å². The van der Waals surface area contributed by atoms with E-state index in [0.29, 0.717) is 0 Å². The Morgan fingerprint density at radius 3 is 2.25 bits per heavy atom. The normalized spacial score (nSPS) is 14.3. The van der Waals surface area contributed by atoms with Gasteiger partial charge in [0, 0.05) is 18.8 Å². The van der Waals surface area contributed by atoms with E-state index in [1.54, 1.807) is 0 Å². The van der Waals surface area contributed by atoms with Gasteiger partial charge in [-0.3, -0.25) is 4.99 Å². The summed E-state index contributed by atoms with van der Waals surface area (Å²) in [5.41, 5.74) is -1.37. The Bertz CT molecular complexity index is 255. The molecule has 12 heavy (non-hydrogen) atoms. The number of allylic oxidation sites excluding steroid dienone is 2. The molecule has 0 aromatic rings. The van der Waals surface area contributed by atoms with Crippen LogP contribution in [-0.4, -0.2) is 19.4 Å². The summed E-state index contributed by atoms with van der Waals surface area (Å²) < 4.78 is 35.8. The van der Waals surface area contributed by atoms with Crippen molar-refractivity contribution in [2.75, 3.05) is 7.05 Å². The zero-order valence-corrected chi connectivity index (χ0v) is 6.61. The van der Waals surface area contributed by atoms with E-state index >= 15 is 0 Å². The Morgan fingerprint density at radius 1 is 1.50 bits per heavy atom. The average Bonchev–Trinajstić information content (AvgIpc) is 1.97. The van der Waals surface area contributed by atoms with Crippen molar-refractivity contribution in [3.05, 3.63) is 11.1 Å². The van der Waals surface area contributed by atoms with Crippen LogP contribution < -0.4 is 0 Å². The van der Waals surface area contributed by atoms with Gasteiger partial charge in [-0.1, -0.05) is 0 Å². The third-order valence-corrected chi connectivity index (χ3v) is 1.21. The van der Waals surface area contributed by atoms with E-state index < -0.39 is 17.3 Å². The number of aliphatic imine (C=N–C) groups is 1. The standard InChI is InChI=1S/C7H7F3N2/c1-5(7(8,9)10)6(3-11)4-12-2/h4H,1-2H3/b6-5+,12-4-. The monoisotopic (exact) mass is 176 g/mol. The quantitative estimate of drug-likeness (QED) is 0.445. The molecule has 0 unspecified atom stereocenters. The van der Waals surface area contributed by atoms with Crippen LogP contribution in [0, 0.1) is 11.3 Å². The lowest BCUT2D eigenvalue weighted by Gasteiger charge is -2.06. The van der Waals surface area contributed by atoms with Crippen molar-refractivity contribution in [1.29, 1.82) is 5.26 Å². The molecule has 0 saturated heterocycles. The number of alkyl halides is 3. The number of rotatable bonds is 1. The summed E-state index contributed by atoms with van der Waals surface area (Å²) in [6.45, 7) is 0.847. The lowest BCUT2D eigenvalue weighted by molar-refractivity contribution is -0.0915. The van der Waals surface area contributed by atoms with Gasteiger partial charge in [-0.25, -0.2) is 0 Å². The molecule has 0 amide bonds. The fraction of sp³-hybridized carbons (Fsp3) is 0.429. The first-order chi connectivity index (χ1) is 5.43. The second-order valence-corrected chi connectivity index (χ2v) is 2.04. The van der Waals surface area contributed by atoms with Crippen molar-refractivity contribution < 1.29 is 13.2 Å². The van der Waals surface area contributed by atoms with E-state index in [1.165, 1.54) is 13.1 Å². The van der Waals surface area contributed by atoms with Gasteiger partial charge in [0.15, 0.2) is 0 Å². The lowest BCUT2D eigenvalue weighted by atomic mass is 10.1. The van der Waals surface area contributed by atoms with E-state index in [-0.39, 0.29) is 0 Å². The molecule has 66 valence electrons. The molecule has 0 aromatic carbocycles. The third-order valence-electron chi connectivity index (χ3n) is 1.21. The maximum atomic E-state index is 11.9. The molecule has 0 radical (unpaired) electrons. The number of halogens is 3. The molecule has 0 heterocycles. The summed E-state index contributed by atoms with van der Waals surface area (Å²) in [5.74, 6) is 0. The molecule has 0 atom stereocenters. The Balaban J connectivity index is 5.02. The summed E-state index contributed by atoms with van der Waals surface area (Å²) in [6, 6.07) is 1.42. The van der Waals surface area contributed by atoms with Crippen LogP contribution in [0.5, 0.6) is 0 Å². The maximum Gasteiger partial charge on any atom is 0.413 e. The van der Waals surface area contributed by atoms with Gasteiger partial charge >= 0.3 is 6.18 Å². The summed E-state index contributed by atoms with van der Waals surface area (Å²) in [4.78, 5) is 3.34. The molecule has 0 fully saturated rings. The van der Waals surface area contributed by atoms with E-state index in [2.05, 4.69) is 4.99 Å². The number of nitriles is 1. The minimum atomic E-state index is -4.45. The summed E-state index contributed by atoms with van der Waals surface area (Å²) in [6.07, 6.45) is -3.56. The zero-order valence-electron chi connectivity index (χ0n) is 6.61. The first kappa shape index (κ1) is 10.7. The van der Waals surface area contributed by atoms with E-state index in [0.717, 1.165) is 13.1 Å². The van der Waals surface area contributed by atoms with E-state index in [1.807, 2.05) is 0 Å². The van der Waals surface area contributed by atoms with Crippen LogP contribution in [0.25, 0.3) is 0 Å². The SMILES string of the molecule is C/N=C\C(C#N)=C(/C)C(F)(F)F.